The number of aliphatic carboxylic acids is 1. The van der Waals surface area contributed by atoms with E-state index in [9.17, 15) is 14.7 Å². The third kappa shape index (κ3) is 10.5. The van der Waals surface area contributed by atoms with Crippen LogP contribution in [0, 0.1) is 0 Å². The Morgan fingerprint density at radius 2 is 1.79 bits per heavy atom. The fourth-order valence-electron chi connectivity index (χ4n) is 3.25. The fraction of sp³-hybridized carbons (Fsp3) is 0.462. The average molecular weight is 489 g/mol. The molecular formula is C26H36N2O5S. The normalized spacial score (nSPS) is 11.6. The van der Waals surface area contributed by atoms with Crippen LogP contribution >= 0.6 is 11.8 Å². The quantitative estimate of drug-likeness (QED) is 0.263. The summed E-state index contributed by atoms with van der Waals surface area (Å²) in [5.74, 6) is 0.648. The lowest BCUT2D eigenvalue weighted by Crippen LogP contribution is -2.43. The van der Waals surface area contributed by atoms with E-state index in [1.54, 1.807) is 23.6 Å². The van der Waals surface area contributed by atoms with Crippen molar-refractivity contribution >= 4 is 23.8 Å². The maximum absolute atomic E-state index is 12.6. The zero-order valence-electron chi connectivity index (χ0n) is 20.1. The lowest BCUT2D eigenvalue weighted by molar-refractivity contribution is -0.149. The van der Waals surface area contributed by atoms with Gasteiger partial charge in [-0.25, -0.2) is 9.59 Å². The predicted molar refractivity (Wildman–Crippen MR) is 136 cm³/mol. The number of carbonyl (C=O) groups excluding carboxylic acids is 1. The molecule has 7 nitrogen and oxygen atoms in total. The number of ether oxygens (including phenoxy) is 2. The molecule has 0 bridgehead atoms. The van der Waals surface area contributed by atoms with Crippen LogP contribution in [0.4, 0.5) is 4.79 Å². The smallest absolute Gasteiger partial charge is 0.333 e. The second-order valence-electron chi connectivity index (χ2n) is 7.71. The van der Waals surface area contributed by atoms with E-state index in [2.05, 4.69) is 17.4 Å². The van der Waals surface area contributed by atoms with Gasteiger partial charge in [0.2, 0.25) is 0 Å². The third-order valence-corrected chi connectivity index (χ3v) is 6.11. The van der Waals surface area contributed by atoms with Crippen molar-refractivity contribution in [3.05, 3.63) is 60.2 Å². The average Bonchev–Trinajstić information content (AvgIpc) is 2.85. The van der Waals surface area contributed by atoms with Gasteiger partial charge in [-0.1, -0.05) is 37.3 Å². The Morgan fingerprint density at radius 3 is 2.44 bits per heavy atom. The number of amides is 2. The highest BCUT2D eigenvalue weighted by atomic mass is 32.2. The Morgan fingerprint density at radius 1 is 1.06 bits per heavy atom. The van der Waals surface area contributed by atoms with Gasteiger partial charge in [-0.15, -0.1) is 11.8 Å². The summed E-state index contributed by atoms with van der Waals surface area (Å²) in [6, 6.07) is 17.5. The molecule has 0 fully saturated rings. The van der Waals surface area contributed by atoms with Crippen LogP contribution in [-0.4, -0.2) is 66.7 Å². The van der Waals surface area contributed by atoms with Crippen molar-refractivity contribution in [3.63, 3.8) is 0 Å². The van der Waals surface area contributed by atoms with E-state index in [-0.39, 0.29) is 6.03 Å². The summed E-state index contributed by atoms with van der Waals surface area (Å²) >= 11 is 1.79. The number of carboxylic acids is 1. The van der Waals surface area contributed by atoms with Crippen LogP contribution in [0.25, 0.3) is 0 Å². The van der Waals surface area contributed by atoms with Crippen molar-refractivity contribution in [1.29, 1.82) is 0 Å². The minimum absolute atomic E-state index is 0.0684. The monoisotopic (exact) mass is 488 g/mol. The van der Waals surface area contributed by atoms with Crippen LogP contribution < -0.4 is 10.1 Å². The molecule has 0 aliphatic heterocycles. The minimum atomic E-state index is -0.967. The number of carbonyl (C=O) groups is 2. The van der Waals surface area contributed by atoms with E-state index in [0.29, 0.717) is 45.0 Å². The van der Waals surface area contributed by atoms with Gasteiger partial charge in [0.1, 0.15) is 12.4 Å². The van der Waals surface area contributed by atoms with E-state index < -0.39 is 12.1 Å². The van der Waals surface area contributed by atoms with Crippen LogP contribution in [0.15, 0.2) is 59.5 Å². The molecule has 0 aromatic heterocycles. The lowest BCUT2D eigenvalue weighted by Gasteiger charge is -2.23. The zero-order valence-corrected chi connectivity index (χ0v) is 20.9. The van der Waals surface area contributed by atoms with E-state index >= 15 is 0 Å². The Balaban J connectivity index is 1.81. The first-order valence-corrected chi connectivity index (χ1v) is 12.8. The van der Waals surface area contributed by atoms with Crippen molar-refractivity contribution in [2.24, 2.45) is 0 Å². The van der Waals surface area contributed by atoms with Crippen LogP contribution in [0.1, 0.15) is 32.3 Å². The van der Waals surface area contributed by atoms with Crippen molar-refractivity contribution in [3.8, 4) is 5.75 Å². The number of urea groups is 1. The number of hydrogen-bond acceptors (Lipinski definition) is 5. The summed E-state index contributed by atoms with van der Waals surface area (Å²) in [4.78, 5) is 26.9. The Bertz CT molecular complexity index is 848. The molecule has 2 rings (SSSR count). The second kappa shape index (κ2) is 16.0. The number of rotatable bonds is 16. The van der Waals surface area contributed by atoms with Gasteiger partial charge in [-0.05, 0) is 55.3 Å². The highest BCUT2D eigenvalue weighted by Gasteiger charge is 2.18. The van der Waals surface area contributed by atoms with Crippen molar-refractivity contribution in [2.45, 2.75) is 44.1 Å². The van der Waals surface area contributed by atoms with Gasteiger partial charge in [0.05, 0.1) is 6.54 Å². The number of benzene rings is 2. The Kier molecular flexibility index (Phi) is 13.0. The van der Waals surface area contributed by atoms with E-state index in [1.165, 1.54) is 4.90 Å². The van der Waals surface area contributed by atoms with Gasteiger partial charge in [-0.3, -0.25) is 0 Å². The first-order valence-electron chi connectivity index (χ1n) is 11.8. The molecule has 2 aromatic rings. The van der Waals surface area contributed by atoms with E-state index in [1.807, 2.05) is 49.4 Å². The number of carboxylic acid groups (broad SMARTS) is 1. The number of nitrogens with zero attached hydrogens (tertiary/aromatic N) is 1. The lowest BCUT2D eigenvalue weighted by atomic mass is 10.1. The summed E-state index contributed by atoms with van der Waals surface area (Å²) in [6.07, 6.45) is 1.22. The number of thioether (sulfide) groups is 1. The maximum atomic E-state index is 12.6. The molecule has 2 aromatic carbocycles. The van der Waals surface area contributed by atoms with E-state index in [0.717, 1.165) is 24.2 Å². The molecule has 0 saturated carbocycles. The molecule has 0 saturated heterocycles. The molecule has 1 unspecified atom stereocenters. The summed E-state index contributed by atoms with van der Waals surface area (Å²) < 4.78 is 11.1. The number of nitrogens with one attached hydrogen (secondary N) is 1. The predicted octanol–water partition coefficient (Wildman–Crippen LogP) is 4.70. The molecule has 0 spiro atoms. The molecule has 0 heterocycles. The highest BCUT2D eigenvalue weighted by Crippen LogP contribution is 2.18. The Hall–Kier alpha value is -2.71. The number of hydrogen-bond donors (Lipinski definition) is 2. The molecule has 2 amide bonds. The van der Waals surface area contributed by atoms with Crippen molar-refractivity contribution in [2.75, 3.05) is 38.6 Å². The van der Waals surface area contributed by atoms with Crippen LogP contribution in [0.5, 0.6) is 5.75 Å². The van der Waals surface area contributed by atoms with Gasteiger partial charge in [0, 0.05) is 31.0 Å². The summed E-state index contributed by atoms with van der Waals surface area (Å²) in [5.41, 5.74) is 0.865. The van der Waals surface area contributed by atoms with Gasteiger partial charge < -0.3 is 24.8 Å². The topological polar surface area (TPSA) is 88.1 Å². The molecular weight excluding hydrogens is 452 g/mol. The zero-order chi connectivity index (χ0) is 24.6. The van der Waals surface area contributed by atoms with Crippen LogP contribution in [0.3, 0.4) is 0 Å². The highest BCUT2D eigenvalue weighted by molar-refractivity contribution is 7.99. The van der Waals surface area contributed by atoms with Gasteiger partial charge in [-0.2, -0.15) is 0 Å². The fourth-order valence-corrected chi connectivity index (χ4v) is 4.11. The summed E-state index contributed by atoms with van der Waals surface area (Å²) in [5, 5.41) is 12.2. The third-order valence-electron chi connectivity index (χ3n) is 5.02. The molecule has 34 heavy (non-hydrogen) atoms. The molecule has 186 valence electrons. The Labute approximate surface area is 206 Å². The summed E-state index contributed by atoms with van der Waals surface area (Å²) in [6.45, 7) is 6.33. The van der Waals surface area contributed by atoms with Crippen LogP contribution in [-0.2, 0) is 16.0 Å². The standard InChI is InChI=1S/C26H36N2O5S/c1-3-15-27-26(31)28(16-8-19-34-23-9-6-5-7-10-23)17-18-33-22-13-11-21(12-14-22)20-24(25(29)30)32-4-2/h5-7,9-14,24H,3-4,8,15-20H2,1-2H3,(H,27,31)(H,29,30). The molecule has 0 aliphatic carbocycles. The van der Waals surface area contributed by atoms with Crippen molar-refractivity contribution < 1.29 is 24.2 Å². The maximum Gasteiger partial charge on any atom is 0.333 e. The second-order valence-corrected chi connectivity index (χ2v) is 8.88. The first kappa shape index (κ1) is 27.5. The molecule has 0 aliphatic rings. The first-order chi connectivity index (χ1) is 16.5. The van der Waals surface area contributed by atoms with Crippen molar-refractivity contribution in [1.82, 2.24) is 10.2 Å². The summed E-state index contributed by atoms with van der Waals surface area (Å²) in [7, 11) is 0. The minimum Gasteiger partial charge on any atom is -0.492 e. The molecule has 8 heteroatoms. The molecule has 0 radical (unpaired) electrons. The van der Waals surface area contributed by atoms with Gasteiger partial charge >= 0.3 is 12.0 Å². The largest absolute Gasteiger partial charge is 0.492 e. The van der Waals surface area contributed by atoms with Crippen LogP contribution in [0.2, 0.25) is 0 Å². The SMILES string of the molecule is CCCNC(=O)N(CCCSc1ccccc1)CCOc1ccc(CC(OCC)C(=O)O)cc1. The van der Waals surface area contributed by atoms with Gasteiger partial charge in [0.25, 0.3) is 0 Å². The molecule has 2 N–H and O–H groups in total. The van der Waals surface area contributed by atoms with Gasteiger partial charge in [0.15, 0.2) is 6.10 Å². The van der Waals surface area contributed by atoms with E-state index in [4.69, 9.17) is 9.47 Å². The molecule has 1 atom stereocenters.